The van der Waals surface area contributed by atoms with Crippen molar-refractivity contribution < 1.29 is 0 Å². The molecule has 0 nitrogen and oxygen atoms in total. The topological polar surface area (TPSA) is 0 Å². The van der Waals surface area contributed by atoms with Crippen LogP contribution < -0.4 is 0 Å². The van der Waals surface area contributed by atoms with Crippen molar-refractivity contribution in [3.8, 4) is 0 Å². The fourth-order valence-corrected chi connectivity index (χ4v) is 4.12. The molecule has 0 spiro atoms. The van der Waals surface area contributed by atoms with E-state index in [1.54, 1.807) is 0 Å². The number of aryl methyl sites for hydroxylation is 2. The summed E-state index contributed by atoms with van der Waals surface area (Å²) in [5, 5.41) is 2.67. The number of hydrogen-bond donors (Lipinski definition) is 0. The maximum Gasteiger partial charge on any atom is -0.0132 e. The van der Waals surface area contributed by atoms with Gasteiger partial charge in [-0.2, -0.15) is 0 Å². The predicted octanol–water partition coefficient (Wildman–Crippen LogP) is 8.35. The molecule has 28 heavy (non-hydrogen) atoms. The zero-order valence-corrected chi connectivity index (χ0v) is 18.6. The van der Waals surface area contributed by atoms with Gasteiger partial charge in [-0.1, -0.05) is 88.7 Å². The summed E-state index contributed by atoms with van der Waals surface area (Å²) in [4.78, 5) is 0. The summed E-state index contributed by atoms with van der Waals surface area (Å²) in [6.45, 7) is 16.0. The lowest BCUT2D eigenvalue weighted by atomic mass is 9.82. The summed E-state index contributed by atoms with van der Waals surface area (Å²) >= 11 is 0. The van der Waals surface area contributed by atoms with Crippen LogP contribution in [0.15, 0.2) is 54.6 Å². The van der Waals surface area contributed by atoms with Crippen molar-refractivity contribution >= 4 is 21.9 Å². The molecule has 0 saturated heterocycles. The van der Waals surface area contributed by atoms with Gasteiger partial charge in [0.05, 0.1) is 0 Å². The Hall–Kier alpha value is -2.34. The van der Waals surface area contributed by atoms with Crippen molar-refractivity contribution in [2.45, 2.75) is 66.7 Å². The van der Waals surface area contributed by atoms with E-state index in [1.807, 2.05) is 0 Å². The van der Waals surface area contributed by atoms with Crippen LogP contribution >= 0.6 is 0 Å². The number of fused-ring (bicyclic) bond motifs is 1. The fraction of sp³-hybridized carbons (Fsp3) is 0.357. The average molecular weight is 371 g/mol. The Labute approximate surface area is 171 Å². The van der Waals surface area contributed by atoms with Gasteiger partial charge in [-0.05, 0) is 82.3 Å². The first-order chi connectivity index (χ1) is 13.2. The van der Waals surface area contributed by atoms with Crippen molar-refractivity contribution in [3.63, 3.8) is 0 Å². The van der Waals surface area contributed by atoms with E-state index in [-0.39, 0.29) is 5.41 Å². The van der Waals surface area contributed by atoms with Crippen molar-refractivity contribution in [1.29, 1.82) is 0 Å². The lowest BCUT2D eigenvalue weighted by molar-refractivity contribution is 0.589. The monoisotopic (exact) mass is 370 g/mol. The van der Waals surface area contributed by atoms with E-state index in [4.69, 9.17) is 0 Å². The Kier molecular flexibility index (Phi) is 5.79. The van der Waals surface area contributed by atoms with Crippen LogP contribution in [0.2, 0.25) is 0 Å². The lowest BCUT2D eigenvalue weighted by Gasteiger charge is -2.23. The smallest absolute Gasteiger partial charge is 0.0132 e. The highest BCUT2D eigenvalue weighted by Gasteiger charge is 2.17. The standard InChI is InChI=1S/C28H34/c1-8-11-22-14-16-24(28(5,6)7)18-27(22)20(3)19(2)25-17-15-23-12-9-10-13-26(23)21(25)4/h9-10,12-18H,8,11H2,1-7H3/b20-19+. The molecule has 0 unspecified atom stereocenters. The molecule has 0 aliphatic rings. The normalized spacial score (nSPS) is 13.0. The second kappa shape index (κ2) is 7.95. The Morgan fingerprint density at radius 3 is 2.18 bits per heavy atom. The molecule has 0 radical (unpaired) electrons. The third-order valence-corrected chi connectivity index (χ3v) is 6.06. The van der Waals surface area contributed by atoms with Gasteiger partial charge in [0.15, 0.2) is 0 Å². The third kappa shape index (κ3) is 3.92. The second-order valence-electron chi connectivity index (χ2n) is 9.08. The molecule has 0 heterocycles. The molecule has 0 atom stereocenters. The summed E-state index contributed by atoms with van der Waals surface area (Å²) in [7, 11) is 0. The number of hydrogen-bond acceptors (Lipinski definition) is 0. The van der Waals surface area contributed by atoms with E-state index in [9.17, 15) is 0 Å². The maximum atomic E-state index is 2.43. The molecule has 146 valence electrons. The minimum absolute atomic E-state index is 0.159. The highest BCUT2D eigenvalue weighted by atomic mass is 14.2. The highest BCUT2D eigenvalue weighted by molar-refractivity contribution is 5.96. The zero-order valence-electron chi connectivity index (χ0n) is 18.6. The Balaban J connectivity index is 2.20. The Morgan fingerprint density at radius 1 is 0.821 bits per heavy atom. The molecule has 0 N–H and O–H groups in total. The molecule has 0 aliphatic carbocycles. The molecule has 0 heteroatoms. The average Bonchev–Trinajstić information content (AvgIpc) is 2.67. The molecule has 0 saturated carbocycles. The molecular formula is C28H34. The van der Waals surface area contributed by atoms with E-state index in [1.165, 1.54) is 56.2 Å². The minimum Gasteiger partial charge on any atom is -0.0651 e. The van der Waals surface area contributed by atoms with Gasteiger partial charge >= 0.3 is 0 Å². The van der Waals surface area contributed by atoms with Gasteiger partial charge in [0.2, 0.25) is 0 Å². The molecule has 0 bridgehead atoms. The summed E-state index contributed by atoms with van der Waals surface area (Å²) in [5.74, 6) is 0. The summed E-state index contributed by atoms with van der Waals surface area (Å²) in [6, 6.07) is 20.3. The summed E-state index contributed by atoms with van der Waals surface area (Å²) in [6.07, 6.45) is 2.30. The molecular weight excluding hydrogens is 336 g/mol. The molecule has 0 fully saturated rings. The molecule has 0 amide bonds. The predicted molar refractivity (Wildman–Crippen MR) is 126 cm³/mol. The van der Waals surface area contributed by atoms with E-state index < -0.39 is 0 Å². The number of rotatable bonds is 4. The van der Waals surface area contributed by atoms with Gasteiger partial charge in [0, 0.05) is 0 Å². The lowest BCUT2D eigenvalue weighted by Crippen LogP contribution is -2.12. The molecule has 0 aromatic heterocycles. The zero-order chi connectivity index (χ0) is 20.5. The summed E-state index contributed by atoms with van der Waals surface area (Å²) in [5.41, 5.74) is 9.96. The second-order valence-corrected chi connectivity index (χ2v) is 9.08. The van der Waals surface area contributed by atoms with E-state index in [0.717, 1.165) is 6.42 Å². The Morgan fingerprint density at radius 2 is 1.50 bits per heavy atom. The largest absolute Gasteiger partial charge is 0.0651 e. The SMILES string of the molecule is CCCc1ccc(C(C)(C)C)cc1/C(C)=C(\C)c1ccc2ccccc2c1C. The highest BCUT2D eigenvalue weighted by Crippen LogP contribution is 2.35. The van der Waals surface area contributed by atoms with Crippen LogP contribution in [0.4, 0.5) is 0 Å². The van der Waals surface area contributed by atoms with Gasteiger partial charge in [-0.15, -0.1) is 0 Å². The third-order valence-electron chi connectivity index (χ3n) is 6.06. The van der Waals surface area contributed by atoms with E-state index in [0.29, 0.717) is 0 Å². The van der Waals surface area contributed by atoms with E-state index >= 15 is 0 Å². The maximum absolute atomic E-state index is 2.43. The van der Waals surface area contributed by atoms with Gasteiger partial charge < -0.3 is 0 Å². The van der Waals surface area contributed by atoms with Crippen LogP contribution in [0.3, 0.4) is 0 Å². The van der Waals surface area contributed by atoms with Gasteiger partial charge in [0.25, 0.3) is 0 Å². The quantitative estimate of drug-likeness (QED) is 0.405. The van der Waals surface area contributed by atoms with Crippen molar-refractivity contribution in [2.75, 3.05) is 0 Å². The van der Waals surface area contributed by atoms with E-state index in [2.05, 4.69) is 103 Å². The summed E-state index contributed by atoms with van der Waals surface area (Å²) < 4.78 is 0. The molecule has 3 rings (SSSR count). The molecule has 3 aromatic carbocycles. The van der Waals surface area contributed by atoms with Crippen LogP contribution in [-0.2, 0) is 11.8 Å². The van der Waals surface area contributed by atoms with Gasteiger partial charge in [-0.3, -0.25) is 0 Å². The van der Waals surface area contributed by atoms with Crippen molar-refractivity contribution in [1.82, 2.24) is 0 Å². The molecule has 3 aromatic rings. The minimum atomic E-state index is 0.159. The van der Waals surface area contributed by atoms with Gasteiger partial charge in [0.1, 0.15) is 0 Å². The number of allylic oxidation sites excluding steroid dienone is 2. The van der Waals surface area contributed by atoms with Crippen molar-refractivity contribution in [3.05, 3.63) is 82.4 Å². The molecule has 0 aliphatic heterocycles. The van der Waals surface area contributed by atoms with Crippen LogP contribution in [0, 0.1) is 6.92 Å². The first-order valence-electron chi connectivity index (χ1n) is 10.5. The first-order valence-corrected chi connectivity index (χ1v) is 10.5. The van der Waals surface area contributed by atoms with Crippen molar-refractivity contribution in [2.24, 2.45) is 0 Å². The van der Waals surface area contributed by atoms with Crippen LogP contribution in [0.5, 0.6) is 0 Å². The van der Waals surface area contributed by atoms with Crippen LogP contribution in [-0.4, -0.2) is 0 Å². The van der Waals surface area contributed by atoms with Gasteiger partial charge in [-0.25, -0.2) is 0 Å². The van der Waals surface area contributed by atoms with Crippen LogP contribution in [0.25, 0.3) is 21.9 Å². The number of benzene rings is 3. The first kappa shape index (κ1) is 20.4. The Bertz CT molecular complexity index is 1030. The fourth-order valence-electron chi connectivity index (χ4n) is 4.12. The van der Waals surface area contributed by atoms with Crippen LogP contribution in [0.1, 0.15) is 75.8 Å².